The molecule has 2 heterocycles. The van der Waals surface area contributed by atoms with E-state index in [9.17, 15) is 0 Å². The van der Waals surface area contributed by atoms with Gasteiger partial charge in [-0.05, 0) is 43.3 Å². The fourth-order valence-corrected chi connectivity index (χ4v) is 2.18. The molecular weight excluding hydrogens is 222 g/mol. The standard InChI is InChI=1S/C10H13N5S/c1-7-13-10(15-14-7)16-9-8(4-5-11)3-2-6-12-9/h2-3,6H,4-5,11H2,1H3,(H,13,14,15). The topological polar surface area (TPSA) is 80.5 Å². The summed E-state index contributed by atoms with van der Waals surface area (Å²) in [5.41, 5.74) is 6.69. The van der Waals surface area contributed by atoms with Crippen LogP contribution in [0.4, 0.5) is 0 Å². The number of aromatic amines is 1. The predicted octanol–water partition coefficient (Wildman–Crippen LogP) is 1.16. The zero-order valence-corrected chi connectivity index (χ0v) is 9.79. The summed E-state index contributed by atoms with van der Waals surface area (Å²) < 4.78 is 0. The number of hydrogen-bond donors (Lipinski definition) is 2. The van der Waals surface area contributed by atoms with E-state index in [1.165, 1.54) is 11.8 Å². The van der Waals surface area contributed by atoms with Crippen molar-refractivity contribution in [2.75, 3.05) is 6.54 Å². The van der Waals surface area contributed by atoms with Crippen LogP contribution in [0.25, 0.3) is 0 Å². The minimum Gasteiger partial charge on any atom is -0.330 e. The van der Waals surface area contributed by atoms with Gasteiger partial charge in [-0.1, -0.05) is 6.07 Å². The van der Waals surface area contributed by atoms with Crippen LogP contribution in [0.15, 0.2) is 28.5 Å². The van der Waals surface area contributed by atoms with Gasteiger partial charge < -0.3 is 5.73 Å². The van der Waals surface area contributed by atoms with Crippen LogP contribution in [0.1, 0.15) is 11.4 Å². The maximum Gasteiger partial charge on any atom is 0.214 e. The lowest BCUT2D eigenvalue weighted by Crippen LogP contribution is -2.04. The largest absolute Gasteiger partial charge is 0.330 e. The highest BCUT2D eigenvalue weighted by Crippen LogP contribution is 2.25. The molecule has 0 amide bonds. The minimum absolute atomic E-state index is 0.617. The molecule has 2 rings (SSSR count). The summed E-state index contributed by atoms with van der Waals surface area (Å²) in [5, 5.41) is 8.49. The quantitative estimate of drug-likeness (QED) is 0.831. The fourth-order valence-electron chi connectivity index (χ4n) is 1.32. The van der Waals surface area contributed by atoms with E-state index in [1.807, 2.05) is 19.1 Å². The molecule has 0 unspecified atom stereocenters. The molecule has 0 aliphatic carbocycles. The molecule has 0 atom stereocenters. The maximum absolute atomic E-state index is 5.55. The minimum atomic E-state index is 0.617. The van der Waals surface area contributed by atoms with Crippen molar-refractivity contribution in [2.24, 2.45) is 5.73 Å². The summed E-state index contributed by atoms with van der Waals surface area (Å²) in [6.07, 6.45) is 2.58. The van der Waals surface area contributed by atoms with E-state index in [4.69, 9.17) is 5.73 Å². The van der Waals surface area contributed by atoms with Crippen molar-refractivity contribution < 1.29 is 0 Å². The summed E-state index contributed by atoms with van der Waals surface area (Å²) in [4.78, 5) is 8.55. The van der Waals surface area contributed by atoms with Gasteiger partial charge in [0.05, 0.1) is 0 Å². The molecule has 84 valence electrons. The van der Waals surface area contributed by atoms with Crippen molar-refractivity contribution in [2.45, 2.75) is 23.5 Å². The van der Waals surface area contributed by atoms with Crippen molar-refractivity contribution >= 4 is 11.8 Å². The third-order valence-corrected chi connectivity index (χ3v) is 2.95. The summed E-state index contributed by atoms with van der Waals surface area (Å²) in [5.74, 6) is 0.804. The van der Waals surface area contributed by atoms with E-state index in [0.717, 1.165) is 22.8 Å². The van der Waals surface area contributed by atoms with Gasteiger partial charge in [-0.25, -0.2) is 9.97 Å². The number of nitrogens with two attached hydrogens (primary N) is 1. The Morgan fingerprint density at radius 3 is 3.06 bits per heavy atom. The van der Waals surface area contributed by atoms with Gasteiger partial charge in [-0.3, -0.25) is 5.10 Å². The van der Waals surface area contributed by atoms with Crippen LogP contribution in [0, 0.1) is 6.92 Å². The van der Waals surface area contributed by atoms with Crippen LogP contribution in [0.5, 0.6) is 0 Å². The molecule has 5 nitrogen and oxygen atoms in total. The maximum atomic E-state index is 5.55. The van der Waals surface area contributed by atoms with E-state index < -0.39 is 0 Å². The average Bonchev–Trinajstić information content (AvgIpc) is 2.67. The Kier molecular flexibility index (Phi) is 3.53. The summed E-state index contributed by atoms with van der Waals surface area (Å²) in [6, 6.07) is 3.94. The highest BCUT2D eigenvalue weighted by Gasteiger charge is 2.08. The van der Waals surface area contributed by atoms with Gasteiger partial charge in [0.25, 0.3) is 0 Å². The van der Waals surface area contributed by atoms with Gasteiger partial charge in [0.1, 0.15) is 10.9 Å². The second-order valence-electron chi connectivity index (χ2n) is 3.31. The summed E-state index contributed by atoms with van der Waals surface area (Å²) in [7, 11) is 0. The molecule has 2 aromatic heterocycles. The number of aromatic nitrogens is 4. The molecule has 0 radical (unpaired) electrons. The van der Waals surface area contributed by atoms with E-state index in [2.05, 4.69) is 20.2 Å². The normalized spacial score (nSPS) is 10.6. The van der Waals surface area contributed by atoms with Gasteiger partial charge >= 0.3 is 0 Å². The lowest BCUT2D eigenvalue weighted by Gasteiger charge is -2.03. The van der Waals surface area contributed by atoms with Crippen molar-refractivity contribution in [3.8, 4) is 0 Å². The Morgan fingerprint density at radius 2 is 2.38 bits per heavy atom. The van der Waals surface area contributed by atoms with Crippen molar-refractivity contribution in [1.82, 2.24) is 20.2 Å². The average molecular weight is 235 g/mol. The monoisotopic (exact) mass is 235 g/mol. The summed E-state index contributed by atoms with van der Waals surface area (Å²) >= 11 is 1.45. The number of hydrogen-bond acceptors (Lipinski definition) is 5. The molecule has 0 aliphatic rings. The molecule has 0 spiro atoms. The molecule has 0 aromatic carbocycles. The number of nitrogens with zero attached hydrogens (tertiary/aromatic N) is 3. The number of aryl methyl sites for hydroxylation is 1. The van der Waals surface area contributed by atoms with Crippen LogP contribution in [0.2, 0.25) is 0 Å². The number of pyridine rings is 1. The number of rotatable bonds is 4. The molecule has 0 bridgehead atoms. The first-order valence-corrected chi connectivity index (χ1v) is 5.82. The molecule has 0 saturated carbocycles. The van der Waals surface area contributed by atoms with Gasteiger partial charge in [-0.15, -0.1) is 5.10 Å². The van der Waals surface area contributed by atoms with Crippen molar-refractivity contribution in [3.05, 3.63) is 29.7 Å². The van der Waals surface area contributed by atoms with E-state index >= 15 is 0 Å². The Hall–Kier alpha value is -1.40. The second kappa shape index (κ2) is 5.09. The zero-order chi connectivity index (χ0) is 11.4. The molecule has 0 saturated heterocycles. The predicted molar refractivity (Wildman–Crippen MR) is 62.2 cm³/mol. The lowest BCUT2D eigenvalue weighted by atomic mass is 10.2. The first-order chi connectivity index (χ1) is 7.79. The fraction of sp³-hybridized carbons (Fsp3) is 0.300. The lowest BCUT2D eigenvalue weighted by molar-refractivity contribution is 0.904. The Balaban J connectivity index is 2.20. The van der Waals surface area contributed by atoms with Crippen LogP contribution in [-0.4, -0.2) is 26.7 Å². The third kappa shape index (κ3) is 2.59. The molecule has 2 aromatic rings. The van der Waals surface area contributed by atoms with Gasteiger partial charge in [0.2, 0.25) is 5.16 Å². The highest BCUT2D eigenvalue weighted by atomic mass is 32.2. The zero-order valence-electron chi connectivity index (χ0n) is 8.97. The smallest absolute Gasteiger partial charge is 0.214 e. The van der Waals surface area contributed by atoms with Crippen LogP contribution in [-0.2, 0) is 6.42 Å². The van der Waals surface area contributed by atoms with Crippen LogP contribution in [0.3, 0.4) is 0 Å². The third-order valence-electron chi connectivity index (χ3n) is 2.03. The first-order valence-electron chi connectivity index (χ1n) is 5.00. The van der Waals surface area contributed by atoms with E-state index in [1.54, 1.807) is 6.20 Å². The highest BCUT2D eigenvalue weighted by molar-refractivity contribution is 7.99. The second-order valence-corrected chi connectivity index (χ2v) is 4.27. The number of H-pyrrole nitrogens is 1. The van der Waals surface area contributed by atoms with Gasteiger partial charge in [0, 0.05) is 6.20 Å². The Bertz CT molecular complexity index is 468. The molecular formula is C10H13N5S. The van der Waals surface area contributed by atoms with Crippen molar-refractivity contribution in [1.29, 1.82) is 0 Å². The van der Waals surface area contributed by atoms with Crippen LogP contribution >= 0.6 is 11.8 Å². The molecule has 0 aliphatic heterocycles. The van der Waals surface area contributed by atoms with Gasteiger partial charge in [-0.2, -0.15) is 0 Å². The van der Waals surface area contributed by atoms with E-state index in [0.29, 0.717) is 11.7 Å². The van der Waals surface area contributed by atoms with Gasteiger partial charge in [0.15, 0.2) is 0 Å². The SMILES string of the molecule is Cc1nc(Sc2ncccc2CCN)n[nH]1. The summed E-state index contributed by atoms with van der Waals surface area (Å²) in [6.45, 7) is 2.49. The molecule has 3 N–H and O–H groups in total. The first kappa shape index (κ1) is 11.1. The van der Waals surface area contributed by atoms with E-state index in [-0.39, 0.29) is 0 Å². The Morgan fingerprint density at radius 1 is 1.50 bits per heavy atom. The number of nitrogens with one attached hydrogen (secondary N) is 1. The van der Waals surface area contributed by atoms with Crippen molar-refractivity contribution in [3.63, 3.8) is 0 Å². The van der Waals surface area contributed by atoms with Crippen LogP contribution < -0.4 is 5.73 Å². The molecule has 16 heavy (non-hydrogen) atoms. The molecule has 6 heteroatoms. The Labute approximate surface area is 97.9 Å². The molecule has 0 fully saturated rings.